The summed E-state index contributed by atoms with van der Waals surface area (Å²) in [6.45, 7) is 2.22. The molecule has 1 amide bonds. The van der Waals surface area contributed by atoms with Gasteiger partial charge >= 0.3 is 6.18 Å². The van der Waals surface area contributed by atoms with E-state index in [9.17, 15) is 18.0 Å². The third kappa shape index (κ3) is 7.97. The summed E-state index contributed by atoms with van der Waals surface area (Å²) >= 11 is 0. The highest BCUT2D eigenvalue weighted by molar-refractivity contribution is 14.0. The molecule has 0 aromatic heterocycles. The lowest BCUT2D eigenvalue weighted by Gasteiger charge is -2.19. The lowest BCUT2D eigenvalue weighted by Crippen LogP contribution is -2.46. The average molecular weight is 561 g/mol. The van der Waals surface area contributed by atoms with Crippen molar-refractivity contribution in [3.63, 3.8) is 0 Å². The van der Waals surface area contributed by atoms with E-state index >= 15 is 0 Å². The molecule has 0 saturated carbocycles. The molecule has 3 rings (SSSR count). The summed E-state index contributed by atoms with van der Waals surface area (Å²) in [7, 11) is 1.64. The number of rotatable bonds is 6. The van der Waals surface area contributed by atoms with Crippen LogP contribution in [0.3, 0.4) is 0 Å². The molecule has 1 atom stereocenters. The summed E-state index contributed by atoms with van der Waals surface area (Å²) in [4.78, 5) is 18.4. The number of halogens is 4. The molecular weight excluding hydrogens is 534 g/mol. The summed E-state index contributed by atoms with van der Waals surface area (Å²) < 4.78 is 38.1. The van der Waals surface area contributed by atoms with Crippen LogP contribution in [-0.2, 0) is 17.5 Å². The monoisotopic (exact) mass is 561 g/mol. The van der Waals surface area contributed by atoms with Gasteiger partial charge in [0.25, 0.3) is 0 Å². The molecule has 1 unspecified atom stereocenters. The number of nitrogens with one attached hydrogen (secondary N) is 3. The van der Waals surface area contributed by atoms with Crippen molar-refractivity contribution >= 4 is 41.5 Å². The van der Waals surface area contributed by atoms with Crippen molar-refractivity contribution in [2.24, 2.45) is 4.99 Å². The summed E-state index contributed by atoms with van der Waals surface area (Å²) in [5, 5.41) is 9.10. The Morgan fingerprint density at radius 3 is 2.44 bits per heavy atom. The van der Waals surface area contributed by atoms with Gasteiger partial charge in [0.05, 0.1) is 12.1 Å². The minimum Gasteiger partial charge on any atom is -0.352 e. The predicted molar refractivity (Wildman–Crippen MR) is 130 cm³/mol. The zero-order valence-corrected chi connectivity index (χ0v) is 20.0. The Morgan fingerprint density at radius 2 is 1.81 bits per heavy atom. The summed E-state index contributed by atoms with van der Waals surface area (Å²) in [6.07, 6.45) is -3.44. The van der Waals surface area contributed by atoms with Crippen molar-refractivity contribution < 1.29 is 18.0 Å². The smallest absolute Gasteiger partial charge is 0.352 e. The number of anilines is 1. The molecule has 1 aliphatic rings. The first-order chi connectivity index (χ1) is 14.8. The van der Waals surface area contributed by atoms with Crippen LogP contribution in [0.4, 0.5) is 18.9 Å². The SMILES string of the molecule is CN=C(NCC(=O)Nc1ccccc1)NC1CCN(Cc2ccc(C(F)(F)F)cc2)C1.I. The van der Waals surface area contributed by atoms with Crippen molar-refractivity contribution in [1.82, 2.24) is 15.5 Å². The van der Waals surface area contributed by atoms with Gasteiger partial charge in [-0.25, -0.2) is 0 Å². The Balaban J connectivity index is 0.00000363. The molecule has 1 saturated heterocycles. The molecule has 0 spiro atoms. The Hall–Kier alpha value is -2.34. The number of hydrogen-bond donors (Lipinski definition) is 3. The topological polar surface area (TPSA) is 68.8 Å². The van der Waals surface area contributed by atoms with E-state index in [2.05, 4.69) is 25.8 Å². The number of aliphatic imine (C=N–C) groups is 1. The highest BCUT2D eigenvalue weighted by Gasteiger charge is 2.30. The van der Waals surface area contributed by atoms with Gasteiger partial charge in [-0.3, -0.25) is 14.7 Å². The quantitative estimate of drug-likeness (QED) is 0.286. The first kappa shape index (κ1) is 25.9. The van der Waals surface area contributed by atoms with Gasteiger partial charge < -0.3 is 16.0 Å². The fourth-order valence-corrected chi connectivity index (χ4v) is 3.43. The summed E-state index contributed by atoms with van der Waals surface area (Å²) in [6, 6.07) is 14.6. The lowest BCUT2D eigenvalue weighted by molar-refractivity contribution is -0.137. The number of alkyl halides is 3. The third-order valence-corrected chi connectivity index (χ3v) is 5.00. The van der Waals surface area contributed by atoms with Crippen molar-refractivity contribution in [2.45, 2.75) is 25.2 Å². The van der Waals surface area contributed by atoms with E-state index in [4.69, 9.17) is 0 Å². The van der Waals surface area contributed by atoms with Crippen LogP contribution in [0, 0.1) is 0 Å². The molecule has 0 aliphatic carbocycles. The maximum absolute atomic E-state index is 12.7. The van der Waals surface area contributed by atoms with Crippen molar-refractivity contribution in [3.05, 3.63) is 65.7 Å². The number of carbonyl (C=O) groups is 1. The van der Waals surface area contributed by atoms with Gasteiger partial charge in [-0.05, 0) is 36.2 Å². The molecule has 1 fully saturated rings. The second-order valence-corrected chi connectivity index (χ2v) is 7.40. The molecule has 2 aromatic carbocycles. The Bertz CT molecular complexity index is 891. The average Bonchev–Trinajstić information content (AvgIpc) is 3.18. The number of carbonyl (C=O) groups excluding carboxylic acids is 1. The normalized spacial score (nSPS) is 16.9. The van der Waals surface area contributed by atoms with E-state index in [1.807, 2.05) is 30.3 Å². The summed E-state index contributed by atoms with van der Waals surface area (Å²) in [5.74, 6) is 0.356. The van der Waals surface area contributed by atoms with Gasteiger partial charge in [-0.15, -0.1) is 24.0 Å². The van der Waals surface area contributed by atoms with Gasteiger partial charge in [-0.2, -0.15) is 13.2 Å². The van der Waals surface area contributed by atoms with Crippen molar-refractivity contribution in [1.29, 1.82) is 0 Å². The summed E-state index contributed by atoms with van der Waals surface area (Å²) in [5.41, 5.74) is 0.934. The second-order valence-electron chi connectivity index (χ2n) is 7.40. The minimum atomic E-state index is -4.32. The van der Waals surface area contributed by atoms with Crippen LogP contribution in [0.1, 0.15) is 17.5 Å². The third-order valence-electron chi connectivity index (χ3n) is 5.00. The molecule has 0 bridgehead atoms. The molecule has 2 aromatic rings. The van der Waals surface area contributed by atoms with E-state index in [0.717, 1.165) is 42.9 Å². The largest absolute Gasteiger partial charge is 0.416 e. The van der Waals surface area contributed by atoms with E-state index in [1.54, 1.807) is 7.05 Å². The standard InChI is InChI=1S/C22H26F3N5O.HI/c1-26-21(27-13-20(31)28-18-5-3-2-4-6-18)29-19-11-12-30(15-19)14-16-7-9-17(10-8-16)22(23,24)25;/h2-10,19H,11-15H2,1H3,(H,28,31)(H2,26,27,29);1H. The molecule has 174 valence electrons. The Morgan fingerprint density at radius 1 is 1.12 bits per heavy atom. The number of benzene rings is 2. The molecule has 3 N–H and O–H groups in total. The van der Waals surface area contributed by atoms with E-state index in [-0.39, 0.29) is 42.5 Å². The van der Waals surface area contributed by atoms with Gasteiger partial charge in [0, 0.05) is 38.4 Å². The maximum atomic E-state index is 12.7. The first-order valence-corrected chi connectivity index (χ1v) is 10.0. The number of hydrogen-bond acceptors (Lipinski definition) is 3. The highest BCUT2D eigenvalue weighted by atomic mass is 127. The molecule has 1 heterocycles. The first-order valence-electron chi connectivity index (χ1n) is 10.0. The number of para-hydroxylation sites is 1. The Kier molecular flexibility index (Phi) is 9.76. The van der Waals surface area contributed by atoms with Crippen molar-refractivity contribution in [2.75, 3.05) is 32.0 Å². The molecule has 6 nitrogen and oxygen atoms in total. The Labute approximate surface area is 202 Å². The van der Waals surface area contributed by atoms with Crippen LogP contribution < -0.4 is 16.0 Å². The highest BCUT2D eigenvalue weighted by Crippen LogP contribution is 2.29. The zero-order valence-electron chi connectivity index (χ0n) is 17.7. The van der Waals surface area contributed by atoms with E-state index in [0.29, 0.717) is 12.5 Å². The number of nitrogens with zero attached hydrogens (tertiary/aromatic N) is 2. The molecule has 10 heteroatoms. The number of amides is 1. The second kappa shape index (κ2) is 12.0. The van der Waals surface area contributed by atoms with Crippen LogP contribution in [0.2, 0.25) is 0 Å². The fourth-order valence-electron chi connectivity index (χ4n) is 3.43. The van der Waals surface area contributed by atoms with Crippen LogP contribution in [0.25, 0.3) is 0 Å². The molecule has 0 radical (unpaired) electrons. The maximum Gasteiger partial charge on any atom is 0.416 e. The van der Waals surface area contributed by atoms with Gasteiger partial charge in [-0.1, -0.05) is 30.3 Å². The zero-order chi connectivity index (χ0) is 22.3. The van der Waals surface area contributed by atoms with Gasteiger partial charge in [0.2, 0.25) is 5.91 Å². The van der Waals surface area contributed by atoms with Crippen LogP contribution in [0.15, 0.2) is 59.6 Å². The number of likely N-dealkylation sites (tertiary alicyclic amines) is 1. The fraction of sp³-hybridized carbons (Fsp3) is 0.364. The lowest BCUT2D eigenvalue weighted by atomic mass is 10.1. The molecule has 1 aliphatic heterocycles. The van der Waals surface area contributed by atoms with Gasteiger partial charge in [0.1, 0.15) is 0 Å². The number of guanidine groups is 1. The van der Waals surface area contributed by atoms with Crippen LogP contribution >= 0.6 is 24.0 Å². The predicted octanol–water partition coefficient (Wildman–Crippen LogP) is 3.70. The van der Waals surface area contributed by atoms with Crippen molar-refractivity contribution in [3.8, 4) is 0 Å². The van der Waals surface area contributed by atoms with E-state index in [1.165, 1.54) is 12.1 Å². The molecule has 32 heavy (non-hydrogen) atoms. The van der Waals surface area contributed by atoms with Crippen LogP contribution in [0.5, 0.6) is 0 Å². The van der Waals surface area contributed by atoms with E-state index < -0.39 is 11.7 Å². The van der Waals surface area contributed by atoms with Crippen LogP contribution in [-0.4, -0.2) is 49.5 Å². The molecular formula is C22H27F3IN5O. The minimum absolute atomic E-state index is 0. The van der Waals surface area contributed by atoms with Gasteiger partial charge in [0.15, 0.2) is 5.96 Å².